The first-order valence-electron chi connectivity index (χ1n) is 11.6. The molecule has 2 saturated carbocycles. The lowest BCUT2D eigenvalue weighted by Crippen LogP contribution is -2.42. The van der Waals surface area contributed by atoms with Crippen molar-refractivity contribution in [3.8, 4) is 17.2 Å². The van der Waals surface area contributed by atoms with Gasteiger partial charge in [-0.1, -0.05) is 6.07 Å². The zero-order valence-electron chi connectivity index (χ0n) is 20.5. The maximum Gasteiger partial charge on any atom is 0.417 e. The Balaban J connectivity index is 1.63. The van der Waals surface area contributed by atoms with Crippen LogP contribution in [0.25, 0.3) is 11.1 Å². The second-order valence-electron chi connectivity index (χ2n) is 9.41. The molecule has 2 fully saturated rings. The summed E-state index contributed by atoms with van der Waals surface area (Å²) in [5, 5.41) is 14.5. The molecule has 2 aliphatic rings. The molecular formula is C24H25F3N4O6S. The summed E-state index contributed by atoms with van der Waals surface area (Å²) in [6, 6.07) is 4.88. The van der Waals surface area contributed by atoms with Crippen molar-refractivity contribution in [1.29, 1.82) is 5.26 Å². The number of halogens is 3. The number of methoxy groups -OCH3 is 2. The van der Waals surface area contributed by atoms with E-state index in [-0.39, 0.29) is 30.5 Å². The van der Waals surface area contributed by atoms with Crippen molar-refractivity contribution in [3.63, 3.8) is 0 Å². The summed E-state index contributed by atoms with van der Waals surface area (Å²) in [5.74, 6) is -2.08. The lowest BCUT2D eigenvalue weighted by Gasteiger charge is -2.19. The van der Waals surface area contributed by atoms with E-state index in [0.717, 1.165) is 12.1 Å². The van der Waals surface area contributed by atoms with Crippen LogP contribution < -0.4 is 5.32 Å². The Labute approximate surface area is 216 Å². The number of sulfone groups is 1. The van der Waals surface area contributed by atoms with Gasteiger partial charge in [0, 0.05) is 18.9 Å². The molecule has 1 unspecified atom stereocenters. The maximum atomic E-state index is 14.1. The van der Waals surface area contributed by atoms with Gasteiger partial charge in [0.1, 0.15) is 12.1 Å². The van der Waals surface area contributed by atoms with Gasteiger partial charge in [-0.05, 0) is 43.4 Å². The third-order valence-corrected chi connectivity index (χ3v) is 9.17. The Morgan fingerprint density at radius 3 is 2.53 bits per heavy atom. The normalized spacial score (nSPS) is 22.5. The lowest BCUT2D eigenvalue weighted by atomic mass is 10.0. The molecule has 3 atom stereocenters. The molecule has 0 bridgehead atoms. The molecule has 1 N–H and O–H groups in total. The van der Waals surface area contributed by atoms with Crippen LogP contribution in [0.4, 0.5) is 13.2 Å². The van der Waals surface area contributed by atoms with Crippen LogP contribution in [0.15, 0.2) is 35.5 Å². The maximum absolute atomic E-state index is 14.1. The highest BCUT2D eigenvalue weighted by Crippen LogP contribution is 2.43. The van der Waals surface area contributed by atoms with E-state index in [0.29, 0.717) is 12.8 Å². The molecule has 2 aromatic rings. The van der Waals surface area contributed by atoms with E-state index in [1.165, 1.54) is 37.4 Å². The molecule has 1 aromatic carbocycles. The zero-order chi connectivity index (χ0) is 27.9. The van der Waals surface area contributed by atoms with Crippen molar-refractivity contribution in [2.75, 3.05) is 14.2 Å². The van der Waals surface area contributed by atoms with E-state index in [1.54, 1.807) is 0 Å². The molecular weight excluding hydrogens is 529 g/mol. The van der Waals surface area contributed by atoms with Crippen LogP contribution in [0, 0.1) is 17.2 Å². The molecule has 14 heteroatoms. The highest BCUT2D eigenvalue weighted by Gasteiger charge is 2.51. The largest absolute Gasteiger partial charge is 0.468 e. The van der Waals surface area contributed by atoms with E-state index in [4.69, 9.17) is 4.74 Å². The number of nitriles is 1. The summed E-state index contributed by atoms with van der Waals surface area (Å²) in [6.07, 6.45) is -2.69. The summed E-state index contributed by atoms with van der Waals surface area (Å²) in [7, 11) is -2.05. The Morgan fingerprint density at radius 2 is 1.95 bits per heavy atom. The standard InChI is InChI=1S/C24H25F3N4O6S/c1-36-19-9-16(8-17(19)22(33)30-23(13-28)5-6-23)38(34,35)20-4-3-14(7-18(20)24(25,26)27)15-10-29-31(11-15)12-21(32)37-2/h3-4,7,10-11,16-17,19H,5-6,8-9,12H2,1-2H3,(H,30,33)/t16-,17?,19-/m0/s1. The van der Waals surface area contributed by atoms with E-state index in [2.05, 4.69) is 15.2 Å². The number of ether oxygens (including phenoxy) is 2. The minimum absolute atomic E-state index is 0.0528. The predicted molar refractivity (Wildman–Crippen MR) is 125 cm³/mol. The van der Waals surface area contributed by atoms with Crippen molar-refractivity contribution in [3.05, 3.63) is 36.2 Å². The Bertz CT molecular complexity index is 1390. The van der Waals surface area contributed by atoms with Gasteiger partial charge in [-0.25, -0.2) is 8.42 Å². The van der Waals surface area contributed by atoms with Crippen molar-refractivity contribution in [2.45, 2.75) is 60.2 Å². The molecule has 204 valence electrons. The summed E-state index contributed by atoms with van der Waals surface area (Å²) >= 11 is 0. The van der Waals surface area contributed by atoms with Crippen LogP contribution in [0.2, 0.25) is 0 Å². The second kappa shape index (κ2) is 10.0. The van der Waals surface area contributed by atoms with Crippen molar-refractivity contribution in [1.82, 2.24) is 15.1 Å². The molecule has 0 radical (unpaired) electrons. The Kier molecular flexibility index (Phi) is 7.28. The predicted octanol–water partition coefficient (Wildman–Crippen LogP) is 2.48. The first-order valence-corrected chi connectivity index (χ1v) is 13.2. The number of hydrogen-bond donors (Lipinski definition) is 1. The van der Waals surface area contributed by atoms with Gasteiger partial charge in [-0.2, -0.15) is 23.5 Å². The van der Waals surface area contributed by atoms with Gasteiger partial charge in [-0.15, -0.1) is 0 Å². The van der Waals surface area contributed by atoms with Gasteiger partial charge < -0.3 is 14.8 Å². The molecule has 1 amide bonds. The number of carbonyl (C=O) groups is 2. The number of aromatic nitrogens is 2. The number of nitrogens with zero attached hydrogens (tertiary/aromatic N) is 3. The second-order valence-corrected chi connectivity index (χ2v) is 11.6. The third-order valence-electron chi connectivity index (χ3n) is 6.94. The average molecular weight is 555 g/mol. The number of alkyl halides is 3. The van der Waals surface area contributed by atoms with E-state index < -0.39 is 61.2 Å². The minimum Gasteiger partial charge on any atom is -0.468 e. The molecule has 0 spiro atoms. The van der Waals surface area contributed by atoms with Gasteiger partial charge in [0.15, 0.2) is 9.84 Å². The fourth-order valence-corrected chi connectivity index (χ4v) is 6.62. The molecule has 1 heterocycles. The zero-order valence-corrected chi connectivity index (χ0v) is 21.3. The van der Waals surface area contributed by atoms with Gasteiger partial charge in [-0.3, -0.25) is 14.3 Å². The van der Waals surface area contributed by atoms with Crippen molar-refractivity contribution in [2.24, 2.45) is 5.92 Å². The Morgan fingerprint density at radius 1 is 1.24 bits per heavy atom. The molecule has 1 aromatic heterocycles. The molecule has 2 aliphatic carbocycles. The number of carbonyl (C=O) groups excluding carboxylic acids is 2. The molecule has 10 nitrogen and oxygen atoms in total. The summed E-state index contributed by atoms with van der Waals surface area (Å²) in [6.45, 7) is -0.248. The fourth-order valence-electron chi connectivity index (χ4n) is 4.62. The quantitative estimate of drug-likeness (QED) is 0.491. The average Bonchev–Trinajstić information content (AvgIpc) is 3.27. The number of rotatable bonds is 8. The number of nitrogens with one attached hydrogen (secondary N) is 1. The molecule has 0 aliphatic heterocycles. The smallest absolute Gasteiger partial charge is 0.417 e. The summed E-state index contributed by atoms with van der Waals surface area (Å²) < 4.78 is 80.3. The molecule has 0 saturated heterocycles. The number of esters is 1. The van der Waals surface area contributed by atoms with E-state index >= 15 is 0 Å². The van der Waals surface area contributed by atoms with Crippen LogP contribution in [0.3, 0.4) is 0 Å². The van der Waals surface area contributed by atoms with Gasteiger partial charge in [0.05, 0.1) is 47.1 Å². The Hall–Kier alpha value is -3.44. The minimum atomic E-state index is -5.00. The number of hydrogen-bond acceptors (Lipinski definition) is 8. The SMILES string of the molecule is COC(=O)Cn1cc(-c2ccc(S(=O)(=O)[C@H]3CC(C(=O)NC4(C#N)CC4)[C@@H](OC)C3)c(C(F)(F)F)c2)cn1. The van der Waals surface area contributed by atoms with Crippen LogP contribution in [0.5, 0.6) is 0 Å². The lowest BCUT2D eigenvalue weighted by molar-refractivity contribution is -0.141. The van der Waals surface area contributed by atoms with Gasteiger partial charge >= 0.3 is 12.1 Å². The topological polar surface area (TPSA) is 140 Å². The monoisotopic (exact) mass is 554 g/mol. The molecule has 38 heavy (non-hydrogen) atoms. The first kappa shape index (κ1) is 27.6. The highest BCUT2D eigenvalue weighted by atomic mass is 32.2. The van der Waals surface area contributed by atoms with Crippen LogP contribution in [-0.4, -0.2) is 61.2 Å². The van der Waals surface area contributed by atoms with Crippen LogP contribution >= 0.6 is 0 Å². The van der Waals surface area contributed by atoms with Crippen molar-refractivity contribution < 1.29 is 40.7 Å². The van der Waals surface area contributed by atoms with E-state index in [1.807, 2.05) is 6.07 Å². The van der Waals surface area contributed by atoms with Crippen LogP contribution in [0.1, 0.15) is 31.2 Å². The number of benzene rings is 1. The van der Waals surface area contributed by atoms with Gasteiger partial charge in [0.2, 0.25) is 5.91 Å². The number of amides is 1. The third kappa shape index (κ3) is 5.39. The highest BCUT2D eigenvalue weighted by molar-refractivity contribution is 7.92. The van der Waals surface area contributed by atoms with Crippen LogP contribution in [-0.2, 0) is 41.6 Å². The van der Waals surface area contributed by atoms with Gasteiger partial charge in [0.25, 0.3) is 0 Å². The van der Waals surface area contributed by atoms with E-state index in [9.17, 15) is 36.4 Å². The summed E-state index contributed by atoms with van der Waals surface area (Å²) in [5.41, 5.74) is -2.03. The first-order chi connectivity index (χ1) is 17.8. The van der Waals surface area contributed by atoms with Crippen molar-refractivity contribution >= 4 is 21.7 Å². The summed E-state index contributed by atoms with van der Waals surface area (Å²) in [4.78, 5) is 23.3. The fraction of sp³-hybridized carbons (Fsp3) is 0.500. The molecule has 4 rings (SSSR count).